The van der Waals surface area contributed by atoms with Gasteiger partial charge in [-0.2, -0.15) is 0 Å². The van der Waals surface area contributed by atoms with Gasteiger partial charge in [0.25, 0.3) is 0 Å². The van der Waals surface area contributed by atoms with Crippen molar-refractivity contribution in [1.82, 2.24) is 5.32 Å². The van der Waals surface area contributed by atoms with Crippen molar-refractivity contribution in [2.45, 2.75) is 12.5 Å². The number of hydrogen-bond donors (Lipinski definition) is 1. The van der Waals surface area contributed by atoms with E-state index in [1.54, 1.807) is 17.0 Å². The summed E-state index contributed by atoms with van der Waals surface area (Å²) in [6.07, 6.45) is 0.409. The summed E-state index contributed by atoms with van der Waals surface area (Å²) in [5.74, 6) is 0.240. The van der Waals surface area contributed by atoms with E-state index in [-0.39, 0.29) is 17.9 Å². The number of carbonyl (C=O) groups excluding carboxylic acids is 1. The fourth-order valence-corrected chi connectivity index (χ4v) is 3.18. The second-order valence-corrected chi connectivity index (χ2v) is 6.50. The molecule has 0 aliphatic carbocycles. The molecule has 7 heteroatoms. The first-order valence-electron chi connectivity index (χ1n) is 9.02. The lowest BCUT2D eigenvalue weighted by Gasteiger charge is -2.26. The lowest BCUT2D eigenvalue weighted by atomic mass is 10.1. The first kappa shape index (κ1) is 17.6. The number of nitrogens with one attached hydrogen (secondary N) is 1. The molecule has 142 valence electrons. The number of carbonyl (C=O) groups is 1. The van der Waals surface area contributed by atoms with Crippen LogP contribution in [0.25, 0.3) is 0 Å². The van der Waals surface area contributed by atoms with Gasteiger partial charge < -0.3 is 19.5 Å². The van der Waals surface area contributed by atoms with Gasteiger partial charge in [0, 0.05) is 12.2 Å². The second-order valence-electron chi connectivity index (χ2n) is 6.50. The molecule has 0 spiro atoms. The topological polar surface area (TPSA) is 60.0 Å². The van der Waals surface area contributed by atoms with Crippen LogP contribution in [0.15, 0.2) is 42.5 Å². The quantitative estimate of drug-likeness (QED) is 0.790. The predicted molar refractivity (Wildman–Crippen MR) is 98.0 cm³/mol. The average molecular weight is 372 g/mol. The molecule has 27 heavy (non-hydrogen) atoms. The molecule has 2 aromatic carbocycles. The zero-order valence-corrected chi connectivity index (χ0v) is 14.8. The van der Waals surface area contributed by atoms with Crippen molar-refractivity contribution in [3.8, 4) is 11.5 Å². The third-order valence-electron chi connectivity index (χ3n) is 4.61. The van der Waals surface area contributed by atoms with Crippen molar-refractivity contribution in [2.75, 3.05) is 37.7 Å². The number of rotatable bonds is 6. The number of anilines is 1. The molecule has 4 rings (SSSR count). The maximum absolute atomic E-state index is 13.6. The molecule has 2 aliphatic heterocycles. The Bertz CT molecular complexity index is 812. The fraction of sp³-hybridized carbons (Fsp3) is 0.350. The first-order chi connectivity index (χ1) is 13.2. The molecule has 1 atom stereocenters. The van der Waals surface area contributed by atoms with Crippen LogP contribution in [0.2, 0.25) is 0 Å². The van der Waals surface area contributed by atoms with Gasteiger partial charge in [-0.1, -0.05) is 18.2 Å². The highest BCUT2D eigenvalue weighted by Gasteiger charge is 2.24. The third kappa shape index (κ3) is 3.98. The van der Waals surface area contributed by atoms with Crippen molar-refractivity contribution in [1.29, 1.82) is 0 Å². The van der Waals surface area contributed by atoms with E-state index in [0.717, 1.165) is 18.7 Å². The Morgan fingerprint density at radius 1 is 1.15 bits per heavy atom. The number of benzene rings is 2. The molecule has 1 saturated heterocycles. The van der Waals surface area contributed by atoms with Crippen LogP contribution in [0.1, 0.15) is 5.56 Å². The van der Waals surface area contributed by atoms with Crippen molar-refractivity contribution < 1.29 is 23.4 Å². The van der Waals surface area contributed by atoms with Crippen LogP contribution >= 0.6 is 0 Å². The Hall–Kier alpha value is -2.80. The van der Waals surface area contributed by atoms with Gasteiger partial charge in [-0.05, 0) is 42.8 Å². The number of halogens is 1. The van der Waals surface area contributed by atoms with Gasteiger partial charge in [0.2, 0.25) is 0 Å². The number of hydrogen-bond acceptors (Lipinski definition) is 5. The van der Waals surface area contributed by atoms with E-state index in [1.807, 2.05) is 24.3 Å². The largest absolute Gasteiger partial charge is 0.483 e. The maximum atomic E-state index is 13.6. The minimum absolute atomic E-state index is 0.150. The summed E-state index contributed by atoms with van der Waals surface area (Å²) in [5.41, 5.74) is 2.03. The molecule has 2 heterocycles. The molecule has 2 aliphatic rings. The van der Waals surface area contributed by atoms with Crippen LogP contribution in [-0.2, 0) is 11.2 Å². The second kappa shape index (κ2) is 7.84. The molecule has 1 N–H and O–H groups in total. The Labute approximate surface area is 156 Å². The van der Waals surface area contributed by atoms with E-state index in [1.165, 1.54) is 11.6 Å². The van der Waals surface area contributed by atoms with Gasteiger partial charge in [-0.25, -0.2) is 9.18 Å². The lowest BCUT2D eigenvalue weighted by Crippen LogP contribution is -2.39. The van der Waals surface area contributed by atoms with Crippen LogP contribution in [0.5, 0.6) is 11.5 Å². The summed E-state index contributed by atoms with van der Waals surface area (Å²) < 4.78 is 29.8. The Balaban J connectivity index is 1.22. The van der Waals surface area contributed by atoms with Gasteiger partial charge in [0.05, 0.1) is 6.54 Å². The summed E-state index contributed by atoms with van der Waals surface area (Å²) >= 11 is 0. The van der Waals surface area contributed by atoms with Gasteiger partial charge in [0.1, 0.15) is 19.3 Å². The smallest absolute Gasteiger partial charge is 0.414 e. The number of amides is 1. The SMILES string of the molecule is O=C1OCCN1c1ccc(CCNCC2COc3c(F)cccc3O2)cc1. The zero-order valence-electron chi connectivity index (χ0n) is 14.8. The molecule has 1 amide bonds. The van der Waals surface area contributed by atoms with Gasteiger partial charge >= 0.3 is 6.09 Å². The summed E-state index contributed by atoms with van der Waals surface area (Å²) in [6.45, 7) is 2.75. The molecule has 0 aromatic heterocycles. The lowest BCUT2D eigenvalue weighted by molar-refractivity contribution is 0.0864. The van der Waals surface area contributed by atoms with E-state index in [2.05, 4.69) is 5.32 Å². The Kier molecular flexibility index (Phi) is 5.11. The van der Waals surface area contributed by atoms with Gasteiger partial charge in [-0.3, -0.25) is 4.90 Å². The first-order valence-corrected chi connectivity index (χ1v) is 9.02. The number of nitrogens with zero attached hydrogens (tertiary/aromatic N) is 1. The Morgan fingerprint density at radius 3 is 2.78 bits per heavy atom. The molecule has 0 saturated carbocycles. The summed E-state index contributed by atoms with van der Waals surface area (Å²) in [4.78, 5) is 13.2. The van der Waals surface area contributed by atoms with E-state index in [4.69, 9.17) is 14.2 Å². The number of cyclic esters (lactones) is 1. The molecule has 2 aromatic rings. The van der Waals surface area contributed by atoms with Crippen LogP contribution in [0, 0.1) is 5.82 Å². The molecule has 6 nitrogen and oxygen atoms in total. The van der Waals surface area contributed by atoms with Crippen molar-refractivity contribution in [2.24, 2.45) is 0 Å². The van der Waals surface area contributed by atoms with E-state index < -0.39 is 5.82 Å². The predicted octanol–water partition coefficient (Wildman–Crippen LogP) is 2.75. The van der Waals surface area contributed by atoms with Gasteiger partial charge in [0.15, 0.2) is 17.3 Å². The molecular formula is C20H21FN2O4. The standard InChI is InChI=1S/C20H21FN2O4/c21-17-2-1-3-18-19(17)26-13-16(27-18)12-22-9-8-14-4-6-15(7-5-14)23-10-11-25-20(23)24/h1-7,16,22H,8-13H2. The molecule has 1 fully saturated rings. The van der Waals surface area contributed by atoms with E-state index >= 15 is 0 Å². The highest BCUT2D eigenvalue weighted by Crippen LogP contribution is 2.33. The monoisotopic (exact) mass is 372 g/mol. The van der Waals surface area contributed by atoms with Crippen LogP contribution in [0.4, 0.5) is 14.9 Å². The average Bonchev–Trinajstić information content (AvgIpc) is 3.12. The molecule has 1 unspecified atom stereocenters. The van der Waals surface area contributed by atoms with Crippen molar-refractivity contribution in [3.63, 3.8) is 0 Å². The normalized spacial score (nSPS) is 18.5. The van der Waals surface area contributed by atoms with Crippen molar-refractivity contribution >= 4 is 11.8 Å². The third-order valence-corrected chi connectivity index (χ3v) is 4.61. The van der Waals surface area contributed by atoms with Crippen molar-refractivity contribution in [3.05, 3.63) is 53.8 Å². The van der Waals surface area contributed by atoms with E-state index in [9.17, 15) is 9.18 Å². The highest BCUT2D eigenvalue weighted by atomic mass is 19.1. The van der Waals surface area contributed by atoms with Crippen LogP contribution in [-0.4, -0.2) is 45.0 Å². The van der Waals surface area contributed by atoms with Crippen LogP contribution in [0.3, 0.4) is 0 Å². The van der Waals surface area contributed by atoms with Gasteiger partial charge in [-0.15, -0.1) is 0 Å². The minimum atomic E-state index is -0.399. The molecule has 0 radical (unpaired) electrons. The Morgan fingerprint density at radius 2 is 2.00 bits per heavy atom. The van der Waals surface area contributed by atoms with E-state index in [0.29, 0.717) is 32.1 Å². The maximum Gasteiger partial charge on any atom is 0.414 e. The number of fused-ring (bicyclic) bond motifs is 1. The fourth-order valence-electron chi connectivity index (χ4n) is 3.18. The summed E-state index contributed by atoms with van der Waals surface area (Å²) in [7, 11) is 0. The zero-order chi connectivity index (χ0) is 18.6. The number of ether oxygens (including phenoxy) is 3. The summed E-state index contributed by atoms with van der Waals surface area (Å²) in [5, 5.41) is 3.34. The molecule has 0 bridgehead atoms. The summed E-state index contributed by atoms with van der Waals surface area (Å²) in [6, 6.07) is 12.6. The molecular weight excluding hydrogens is 351 g/mol. The highest BCUT2D eigenvalue weighted by molar-refractivity contribution is 5.89. The minimum Gasteiger partial charge on any atom is -0.483 e. The van der Waals surface area contributed by atoms with Crippen LogP contribution < -0.4 is 19.7 Å². The number of para-hydroxylation sites is 1.